The molecule has 8 nitrogen and oxygen atoms in total. The zero-order valence-corrected chi connectivity index (χ0v) is 23.6. The minimum atomic E-state index is -0.257. The summed E-state index contributed by atoms with van der Waals surface area (Å²) in [6.45, 7) is 2.54. The predicted molar refractivity (Wildman–Crippen MR) is 153 cm³/mol. The van der Waals surface area contributed by atoms with E-state index in [0.29, 0.717) is 60.4 Å². The molecule has 2 aromatic rings. The molecule has 0 radical (unpaired) electrons. The summed E-state index contributed by atoms with van der Waals surface area (Å²) >= 11 is 0. The molecule has 0 bridgehead atoms. The number of likely N-dealkylation sites (N-methyl/N-ethyl adjacent to an activating group) is 1. The summed E-state index contributed by atoms with van der Waals surface area (Å²) in [5, 5.41) is 0. The van der Waals surface area contributed by atoms with Crippen LogP contribution in [0.25, 0.3) is 12.2 Å². The molecule has 2 unspecified atom stereocenters. The minimum absolute atomic E-state index is 0.0305. The Morgan fingerprint density at radius 1 is 0.725 bits per heavy atom. The first-order valence-electron chi connectivity index (χ1n) is 14.1. The zero-order chi connectivity index (χ0) is 27.9. The Hall–Kier alpha value is -3.33. The molecule has 214 valence electrons. The normalized spacial score (nSPS) is 24.2. The van der Waals surface area contributed by atoms with Crippen molar-refractivity contribution in [1.82, 2.24) is 4.90 Å². The molecule has 2 aromatic carbocycles. The monoisotopic (exact) mass is 549 g/mol. The highest BCUT2D eigenvalue weighted by molar-refractivity contribution is 6.14. The number of likely N-dealkylation sites (tertiary alicyclic amines) is 1. The third-order valence-corrected chi connectivity index (χ3v) is 7.31. The summed E-state index contributed by atoms with van der Waals surface area (Å²) in [5.74, 6) is 2.54. The Bertz CT molecular complexity index is 1150. The largest absolute Gasteiger partial charge is 0.493 e. The lowest BCUT2D eigenvalue weighted by atomic mass is 9.94. The molecule has 8 heteroatoms. The van der Waals surface area contributed by atoms with Crippen LogP contribution in [0.3, 0.4) is 0 Å². The second kappa shape index (κ2) is 13.4. The van der Waals surface area contributed by atoms with E-state index in [2.05, 4.69) is 4.90 Å². The van der Waals surface area contributed by atoms with Gasteiger partial charge in [-0.2, -0.15) is 0 Å². The molecule has 0 aromatic heterocycles. The van der Waals surface area contributed by atoms with Crippen molar-refractivity contribution in [2.75, 3.05) is 47.6 Å². The Balaban J connectivity index is 1.33. The number of carbonyl (C=O) groups excluding carboxylic acids is 1. The van der Waals surface area contributed by atoms with Gasteiger partial charge in [0.05, 0.1) is 27.4 Å². The number of piperidine rings is 1. The van der Waals surface area contributed by atoms with Gasteiger partial charge in [-0.25, -0.2) is 0 Å². The van der Waals surface area contributed by atoms with Crippen molar-refractivity contribution in [2.24, 2.45) is 0 Å². The number of ketones is 1. The number of rotatable bonds is 8. The van der Waals surface area contributed by atoms with E-state index in [4.69, 9.17) is 28.4 Å². The van der Waals surface area contributed by atoms with Gasteiger partial charge in [-0.05, 0) is 80.3 Å². The molecule has 0 aliphatic carbocycles. The SMILES string of the molecule is COc1cc(/C=C2\CN(C)C/C(=C\c3ccc(OC4CCCCO4)c(OC)c3)C2=O)ccc1OC1CCCCO1. The van der Waals surface area contributed by atoms with Gasteiger partial charge in [0.25, 0.3) is 0 Å². The zero-order valence-electron chi connectivity index (χ0n) is 23.6. The second-order valence-electron chi connectivity index (χ2n) is 10.5. The van der Waals surface area contributed by atoms with Gasteiger partial charge in [0, 0.05) is 37.1 Å². The van der Waals surface area contributed by atoms with Crippen LogP contribution in [0.5, 0.6) is 23.0 Å². The van der Waals surface area contributed by atoms with Crippen molar-refractivity contribution in [3.63, 3.8) is 0 Å². The van der Waals surface area contributed by atoms with Crippen molar-refractivity contribution in [2.45, 2.75) is 51.1 Å². The van der Waals surface area contributed by atoms with Gasteiger partial charge in [0.1, 0.15) is 0 Å². The van der Waals surface area contributed by atoms with Crippen molar-refractivity contribution in [1.29, 1.82) is 0 Å². The fourth-order valence-electron chi connectivity index (χ4n) is 5.25. The number of Topliss-reactive ketones (excluding diaryl/α,β-unsaturated/α-hetero) is 1. The second-order valence-corrected chi connectivity index (χ2v) is 10.5. The van der Waals surface area contributed by atoms with Crippen LogP contribution in [-0.2, 0) is 14.3 Å². The van der Waals surface area contributed by atoms with Gasteiger partial charge in [-0.3, -0.25) is 9.69 Å². The highest BCUT2D eigenvalue weighted by Gasteiger charge is 2.25. The van der Waals surface area contributed by atoms with Gasteiger partial charge in [-0.1, -0.05) is 12.1 Å². The third-order valence-electron chi connectivity index (χ3n) is 7.31. The van der Waals surface area contributed by atoms with Gasteiger partial charge >= 0.3 is 0 Å². The number of nitrogens with zero attached hydrogens (tertiary/aromatic N) is 1. The smallest absolute Gasteiger partial charge is 0.200 e. The number of benzene rings is 2. The maximum atomic E-state index is 13.5. The molecule has 0 N–H and O–H groups in total. The number of ether oxygens (including phenoxy) is 6. The highest BCUT2D eigenvalue weighted by atomic mass is 16.7. The summed E-state index contributed by atoms with van der Waals surface area (Å²) in [6.07, 6.45) is 9.36. The molecule has 0 saturated carbocycles. The molecule has 3 aliphatic rings. The van der Waals surface area contributed by atoms with Crippen LogP contribution in [0.4, 0.5) is 0 Å². The maximum absolute atomic E-state index is 13.5. The molecular formula is C32H39NO7. The average Bonchev–Trinajstić information content (AvgIpc) is 2.98. The standard InChI is InChI=1S/C32H39NO7/c1-33-20-24(16-22-10-12-26(28(18-22)35-2)39-30-8-4-6-14-37-30)32(34)25(21-33)17-23-11-13-27(29(19-23)36-3)40-31-9-5-7-15-38-31/h10-13,16-19,30-31H,4-9,14-15,20-21H2,1-3H3/b24-16+,25-17+. The quantitative estimate of drug-likeness (QED) is 0.400. The molecule has 40 heavy (non-hydrogen) atoms. The Morgan fingerprint density at radius 2 is 1.20 bits per heavy atom. The minimum Gasteiger partial charge on any atom is -0.493 e. The van der Waals surface area contributed by atoms with Gasteiger partial charge < -0.3 is 28.4 Å². The lowest BCUT2D eigenvalue weighted by Crippen LogP contribution is -2.34. The van der Waals surface area contributed by atoms with Crippen LogP contribution in [0.15, 0.2) is 47.5 Å². The van der Waals surface area contributed by atoms with Crippen molar-refractivity contribution < 1.29 is 33.2 Å². The molecule has 3 fully saturated rings. The maximum Gasteiger partial charge on any atom is 0.200 e. The van der Waals surface area contributed by atoms with Crippen LogP contribution in [0.2, 0.25) is 0 Å². The van der Waals surface area contributed by atoms with Crippen LogP contribution < -0.4 is 18.9 Å². The number of hydrogen-bond donors (Lipinski definition) is 0. The number of methoxy groups -OCH3 is 2. The summed E-state index contributed by atoms with van der Waals surface area (Å²) in [4.78, 5) is 15.7. The van der Waals surface area contributed by atoms with E-state index in [-0.39, 0.29) is 18.4 Å². The van der Waals surface area contributed by atoms with Crippen molar-refractivity contribution >= 4 is 17.9 Å². The van der Waals surface area contributed by atoms with Gasteiger partial charge in [0.2, 0.25) is 0 Å². The molecule has 5 rings (SSSR count). The summed E-state index contributed by atoms with van der Waals surface area (Å²) in [6, 6.07) is 11.4. The summed E-state index contributed by atoms with van der Waals surface area (Å²) in [5.41, 5.74) is 3.18. The first-order valence-corrected chi connectivity index (χ1v) is 14.1. The lowest BCUT2D eigenvalue weighted by molar-refractivity contribution is -0.113. The Morgan fingerprint density at radius 3 is 1.60 bits per heavy atom. The summed E-state index contributed by atoms with van der Waals surface area (Å²) < 4.78 is 34.7. The predicted octanol–water partition coefficient (Wildman–Crippen LogP) is 5.50. The van der Waals surface area contributed by atoms with Crippen LogP contribution in [0, 0.1) is 0 Å². The van der Waals surface area contributed by atoms with E-state index in [9.17, 15) is 4.79 Å². The first-order chi connectivity index (χ1) is 19.5. The molecule has 3 aliphatic heterocycles. The molecular weight excluding hydrogens is 510 g/mol. The van der Waals surface area contributed by atoms with Gasteiger partial charge in [-0.15, -0.1) is 0 Å². The molecule has 3 saturated heterocycles. The molecule has 3 heterocycles. The fourth-order valence-corrected chi connectivity index (χ4v) is 5.25. The van der Waals surface area contributed by atoms with Crippen LogP contribution in [-0.4, -0.2) is 70.8 Å². The van der Waals surface area contributed by atoms with E-state index in [0.717, 1.165) is 49.7 Å². The van der Waals surface area contributed by atoms with E-state index in [1.807, 2.05) is 55.6 Å². The van der Waals surface area contributed by atoms with E-state index < -0.39 is 0 Å². The van der Waals surface area contributed by atoms with Gasteiger partial charge in [0.15, 0.2) is 41.4 Å². The first kappa shape index (κ1) is 28.2. The topological polar surface area (TPSA) is 75.7 Å². The highest BCUT2D eigenvalue weighted by Crippen LogP contribution is 2.34. The molecule has 0 spiro atoms. The number of carbonyl (C=O) groups is 1. The molecule has 2 atom stereocenters. The Kier molecular flexibility index (Phi) is 9.41. The Labute approximate surface area is 236 Å². The van der Waals surface area contributed by atoms with Crippen molar-refractivity contribution in [3.05, 3.63) is 58.7 Å². The average molecular weight is 550 g/mol. The van der Waals surface area contributed by atoms with E-state index in [1.54, 1.807) is 14.2 Å². The fraction of sp³-hybridized carbons (Fsp3) is 0.469. The van der Waals surface area contributed by atoms with E-state index >= 15 is 0 Å². The van der Waals surface area contributed by atoms with Crippen molar-refractivity contribution in [3.8, 4) is 23.0 Å². The number of hydrogen-bond acceptors (Lipinski definition) is 8. The molecule has 0 amide bonds. The lowest BCUT2D eigenvalue weighted by Gasteiger charge is -2.26. The van der Waals surface area contributed by atoms with Crippen LogP contribution >= 0.6 is 0 Å². The van der Waals surface area contributed by atoms with Crippen LogP contribution in [0.1, 0.15) is 49.7 Å². The van der Waals surface area contributed by atoms with E-state index in [1.165, 1.54) is 0 Å². The third kappa shape index (κ3) is 7.05. The summed E-state index contributed by atoms with van der Waals surface area (Å²) in [7, 11) is 5.25.